The molecule has 0 fully saturated rings. The maximum Gasteiger partial charge on any atom is 0.287 e. The van der Waals surface area contributed by atoms with Crippen molar-refractivity contribution in [1.82, 2.24) is 5.32 Å². The van der Waals surface area contributed by atoms with Crippen molar-refractivity contribution in [2.75, 3.05) is 13.1 Å². The number of hydrogen-bond acceptors (Lipinski definition) is 4. The summed E-state index contributed by atoms with van der Waals surface area (Å²) in [6, 6.07) is 11.1. The Morgan fingerprint density at radius 3 is 2.52 bits per heavy atom. The third-order valence-corrected chi connectivity index (χ3v) is 3.12. The largest absolute Gasteiger partial charge is 0.451 e. The highest BCUT2D eigenvalue weighted by atomic mass is 16.3. The number of carbonyl (C=O) groups is 1. The van der Waals surface area contributed by atoms with Crippen LogP contribution >= 0.6 is 0 Å². The van der Waals surface area contributed by atoms with E-state index in [4.69, 9.17) is 15.9 Å². The molecule has 0 atom stereocenters. The second-order valence-electron chi connectivity index (χ2n) is 5.39. The second-order valence-corrected chi connectivity index (χ2v) is 5.39. The summed E-state index contributed by atoms with van der Waals surface area (Å²) in [5.41, 5.74) is 13.0. The molecule has 0 saturated carbocycles. The molecule has 1 aromatic carbocycles. The molecule has 0 aliphatic heterocycles. The number of amides is 1. The van der Waals surface area contributed by atoms with Gasteiger partial charge in [-0.1, -0.05) is 24.3 Å². The van der Waals surface area contributed by atoms with Crippen LogP contribution < -0.4 is 16.8 Å². The zero-order valence-corrected chi connectivity index (χ0v) is 13.4. The van der Waals surface area contributed by atoms with E-state index in [1.807, 2.05) is 38.1 Å². The van der Waals surface area contributed by atoms with Crippen LogP contribution in [0.4, 0.5) is 0 Å². The summed E-state index contributed by atoms with van der Waals surface area (Å²) in [6.07, 6.45) is 0. The minimum Gasteiger partial charge on any atom is -0.451 e. The molecule has 0 aliphatic carbocycles. The average Bonchev–Trinajstić information content (AvgIpc) is 3.02. The molecule has 1 amide bonds. The van der Waals surface area contributed by atoms with Crippen LogP contribution in [0, 0.1) is 0 Å². The van der Waals surface area contributed by atoms with Crippen molar-refractivity contribution in [3.8, 4) is 11.3 Å². The quantitative estimate of drug-likeness (QED) is 0.557. The Morgan fingerprint density at radius 2 is 1.91 bits per heavy atom. The SMILES string of the molecule is CC(C)N=C(N)c1ccc(-c2ccc(C(=O)NCCN)o2)cc1. The number of benzene rings is 1. The van der Waals surface area contributed by atoms with Gasteiger partial charge in [0.05, 0.1) is 0 Å². The van der Waals surface area contributed by atoms with Crippen LogP contribution in [0.2, 0.25) is 0 Å². The van der Waals surface area contributed by atoms with Crippen molar-refractivity contribution in [3.05, 3.63) is 47.7 Å². The highest BCUT2D eigenvalue weighted by Gasteiger charge is 2.11. The van der Waals surface area contributed by atoms with Gasteiger partial charge in [0.25, 0.3) is 5.91 Å². The Labute approximate surface area is 135 Å². The Hall–Kier alpha value is -2.60. The van der Waals surface area contributed by atoms with E-state index in [0.29, 0.717) is 24.7 Å². The summed E-state index contributed by atoms with van der Waals surface area (Å²) in [7, 11) is 0. The van der Waals surface area contributed by atoms with Crippen LogP contribution in [0.1, 0.15) is 30.0 Å². The summed E-state index contributed by atoms with van der Waals surface area (Å²) in [6.45, 7) is 4.75. The fourth-order valence-corrected chi connectivity index (χ4v) is 2.05. The van der Waals surface area contributed by atoms with Gasteiger partial charge in [-0.2, -0.15) is 0 Å². The number of furan rings is 1. The molecule has 0 unspecified atom stereocenters. The van der Waals surface area contributed by atoms with Gasteiger partial charge in [-0.05, 0) is 26.0 Å². The number of nitrogens with one attached hydrogen (secondary N) is 1. The van der Waals surface area contributed by atoms with E-state index in [0.717, 1.165) is 11.1 Å². The van der Waals surface area contributed by atoms with Crippen molar-refractivity contribution >= 4 is 11.7 Å². The highest BCUT2D eigenvalue weighted by Crippen LogP contribution is 2.22. The zero-order chi connectivity index (χ0) is 16.8. The maximum atomic E-state index is 11.8. The lowest BCUT2D eigenvalue weighted by Crippen LogP contribution is -2.28. The van der Waals surface area contributed by atoms with E-state index >= 15 is 0 Å². The molecule has 1 heterocycles. The smallest absolute Gasteiger partial charge is 0.287 e. The molecule has 6 heteroatoms. The molecule has 0 saturated heterocycles. The van der Waals surface area contributed by atoms with Crippen molar-refractivity contribution in [1.29, 1.82) is 0 Å². The lowest BCUT2D eigenvalue weighted by Gasteiger charge is -2.04. The molecule has 0 bridgehead atoms. The predicted molar refractivity (Wildman–Crippen MR) is 91.4 cm³/mol. The molecule has 0 aliphatic rings. The number of aliphatic imine (C=N–C) groups is 1. The van der Waals surface area contributed by atoms with E-state index in [1.54, 1.807) is 12.1 Å². The van der Waals surface area contributed by atoms with Gasteiger partial charge in [-0.3, -0.25) is 9.79 Å². The van der Waals surface area contributed by atoms with Crippen molar-refractivity contribution < 1.29 is 9.21 Å². The van der Waals surface area contributed by atoms with Crippen molar-refractivity contribution in [3.63, 3.8) is 0 Å². The van der Waals surface area contributed by atoms with Crippen LogP contribution in [0.3, 0.4) is 0 Å². The first kappa shape index (κ1) is 16.8. The summed E-state index contributed by atoms with van der Waals surface area (Å²) >= 11 is 0. The van der Waals surface area contributed by atoms with Gasteiger partial charge in [0.1, 0.15) is 11.6 Å². The first-order chi connectivity index (χ1) is 11.0. The summed E-state index contributed by atoms with van der Waals surface area (Å²) < 4.78 is 5.58. The Bertz CT molecular complexity index is 687. The maximum absolute atomic E-state index is 11.8. The molecule has 122 valence electrons. The highest BCUT2D eigenvalue weighted by molar-refractivity contribution is 5.98. The fraction of sp³-hybridized carbons (Fsp3) is 0.294. The molecule has 6 nitrogen and oxygen atoms in total. The molecule has 5 N–H and O–H groups in total. The number of nitrogens with zero attached hydrogens (tertiary/aromatic N) is 1. The van der Waals surface area contributed by atoms with E-state index in [9.17, 15) is 4.79 Å². The molecule has 2 aromatic rings. The lowest BCUT2D eigenvalue weighted by atomic mass is 10.1. The van der Waals surface area contributed by atoms with E-state index in [2.05, 4.69) is 10.3 Å². The molecule has 0 radical (unpaired) electrons. The minimum atomic E-state index is -0.272. The first-order valence-electron chi connectivity index (χ1n) is 7.53. The van der Waals surface area contributed by atoms with Crippen molar-refractivity contribution in [2.45, 2.75) is 19.9 Å². The fourth-order valence-electron chi connectivity index (χ4n) is 2.05. The third-order valence-electron chi connectivity index (χ3n) is 3.12. The van der Waals surface area contributed by atoms with Crippen LogP contribution in [0.25, 0.3) is 11.3 Å². The average molecular weight is 314 g/mol. The summed E-state index contributed by atoms with van der Waals surface area (Å²) in [4.78, 5) is 16.1. The predicted octanol–water partition coefficient (Wildman–Crippen LogP) is 1.75. The van der Waals surface area contributed by atoms with Gasteiger partial charge < -0.3 is 21.2 Å². The normalized spacial score (nSPS) is 11.7. The van der Waals surface area contributed by atoms with Crippen LogP contribution in [-0.4, -0.2) is 30.9 Å². The number of nitrogens with two attached hydrogens (primary N) is 2. The van der Waals surface area contributed by atoms with E-state index < -0.39 is 0 Å². The molecular weight excluding hydrogens is 292 g/mol. The molecule has 0 spiro atoms. The standard InChI is InChI=1S/C17H22N4O2/c1-11(2)21-16(19)13-5-3-12(4-6-13)14-7-8-15(23-14)17(22)20-10-9-18/h3-8,11H,9-10,18H2,1-2H3,(H2,19,21)(H,20,22). The topological polar surface area (TPSA) is 107 Å². The van der Waals surface area contributed by atoms with Gasteiger partial charge in [0.15, 0.2) is 5.76 Å². The zero-order valence-electron chi connectivity index (χ0n) is 13.4. The summed E-state index contributed by atoms with van der Waals surface area (Å²) in [5.74, 6) is 1.12. The van der Waals surface area contributed by atoms with Gasteiger partial charge in [-0.15, -0.1) is 0 Å². The van der Waals surface area contributed by atoms with Crippen LogP contribution in [-0.2, 0) is 0 Å². The van der Waals surface area contributed by atoms with Gasteiger partial charge >= 0.3 is 0 Å². The Kier molecular flexibility index (Phi) is 5.54. The van der Waals surface area contributed by atoms with E-state index in [1.165, 1.54) is 0 Å². The van der Waals surface area contributed by atoms with Gasteiger partial charge in [-0.25, -0.2) is 0 Å². The lowest BCUT2D eigenvalue weighted by molar-refractivity contribution is 0.0928. The van der Waals surface area contributed by atoms with Gasteiger partial charge in [0.2, 0.25) is 0 Å². The number of rotatable bonds is 6. The molecule has 1 aromatic heterocycles. The minimum absolute atomic E-state index is 0.148. The van der Waals surface area contributed by atoms with Crippen molar-refractivity contribution in [2.24, 2.45) is 16.5 Å². The Balaban J connectivity index is 2.14. The summed E-state index contributed by atoms with van der Waals surface area (Å²) in [5, 5.41) is 2.67. The first-order valence-corrected chi connectivity index (χ1v) is 7.53. The Morgan fingerprint density at radius 1 is 1.22 bits per heavy atom. The van der Waals surface area contributed by atoms with Crippen LogP contribution in [0.15, 0.2) is 45.8 Å². The number of amidine groups is 1. The van der Waals surface area contributed by atoms with E-state index in [-0.39, 0.29) is 17.7 Å². The monoisotopic (exact) mass is 314 g/mol. The molecular formula is C17H22N4O2. The van der Waals surface area contributed by atoms with Gasteiger partial charge in [0, 0.05) is 30.3 Å². The molecule has 23 heavy (non-hydrogen) atoms. The third kappa shape index (κ3) is 4.43. The second kappa shape index (κ2) is 7.60. The number of carbonyl (C=O) groups excluding carboxylic acids is 1. The number of hydrogen-bond donors (Lipinski definition) is 3. The van der Waals surface area contributed by atoms with Crippen LogP contribution in [0.5, 0.6) is 0 Å². The molecule has 2 rings (SSSR count).